The molecule has 1 amide bonds. The van der Waals surface area contributed by atoms with Crippen LogP contribution in [0.5, 0.6) is 0 Å². The van der Waals surface area contributed by atoms with Gasteiger partial charge in [-0.05, 0) is 62.3 Å². The van der Waals surface area contributed by atoms with Crippen molar-refractivity contribution in [2.75, 3.05) is 18.5 Å². The lowest BCUT2D eigenvalue weighted by Gasteiger charge is -2.22. The Balaban J connectivity index is 1.46. The molecule has 1 aromatic heterocycles. The molecule has 0 atom stereocenters. The van der Waals surface area contributed by atoms with Crippen LogP contribution in [0.3, 0.4) is 0 Å². The van der Waals surface area contributed by atoms with E-state index in [1.165, 1.54) is 37.7 Å². The van der Waals surface area contributed by atoms with Gasteiger partial charge < -0.3 is 15.0 Å². The van der Waals surface area contributed by atoms with Crippen molar-refractivity contribution in [3.05, 3.63) is 53.0 Å². The lowest BCUT2D eigenvalue weighted by atomic mass is 9.84. The summed E-state index contributed by atoms with van der Waals surface area (Å²) in [5.74, 6) is 2.04. The Labute approximate surface area is 190 Å². The molecule has 1 aromatic carbocycles. The molecule has 1 saturated carbocycles. The van der Waals surface area contributed by atoms with Gasteiger partial charge in [-0.15, -0.1) is 0 Å². The zero-order chi connectivity index (χ0) is 22.1. The first kappa shape index (κ1) is 21.1. The average Bonchev–Trinajstić information content (AvgIpc) is 3.18. The molecule has 0 spiro atoms. The number of anilines is 2. The van der Waals surface area contributed by atoms with Gasteiger partial charge in [0.1, 0.15) is 11.5 Å². The van der Waals surface area contributed by atoms with Crippen LogP contribution < -0.4 is 5.32 Å². The second kappa shape index (κ2) is 9.02. The van der Waals surface area contributed by atoms with Crippen molar-refractivity contribution in [1.29, 1.82) is 0 Å². The van der Waals surface area contributed by atoms with E-state index >= 15 is 0 Å². The molecule has 1 aliphatic carbocycles. The van der Waals surface area contributed by atoms with E-state index in [-0.39, 0.29) is 11.9 Å². The standard InChI is InChI=1S/C26H32N4O2/c1-17(2)30-16-22-23(26(30)31)28-24(20-12-14-32-15-13-20)29-25(22)27-21-10-8-19(9-11-21)18-6-4-3-5-7-18/h8-12,17-18H,3-7,13-16H2,1-2H3,(H,27,28,29). The van der Waals surface area contributed by atoms with E-state index in [4.69, 9.17) is 14.7 Å². The van der Waals surface area contributed by atoms with Gasteiger partial charge >= 0.3 is 0 Å². The SMILES string of the molecule is CC(C)N1Cc2c(Nc3ccc(C4CCCCC4)cc3)nc(C3=CCOCC3)nc2C1=O. The third-order valence-electron chi connectivity index (χ3n) is 6.92. The number of ether oxygens (including phenoxy) is 1. The molecule has 168 valence electrons. The molecule has 0 unspecified atom stereocenters. The van der Waals surface area contributed by atoms with Gasteiger partial charge in [-0.1, -0.05) is 37.5 Å². The van der Waals surface area contributed by atoms with Crippen molar-refractivity contribution in [3.63, 3.8) is 0 Å². The smallest absolute Gasteiger partial charge is 0.273 e. The fourth-order valence-electron chi connectivity index (χ4n) is 4.99. The lowest BCUT2D eigenvalue weighted by molar-refractivity contribution is 0.0726. The Kier molecular flexibility index (Phi) is 5.96. The van der Waals surface area contributed by atoms with Crippen LogP contribution >= 0.6 is 0 Å². The topological polar surface area (TPSA) is 67.3 Å². The molecule has 2 aromatic rings. The predicted molar refractivity (Wildman–Crippen MR) is 126 cm³/mol. The van der Waals surface area contributed by atoms with E-state index in [9.17, 15) is 4.79 Å². The normalized spacial score (nSPS) is 19.3. The fourth-order valence-corrected chi connectivity index (χ4v) is 4.99. The molecule has 5 rings (SSSR count). The molecular formula is C26H32N4O2. The summed E-state index contributed by atoms with van der Waals surface area (Å²) in [5.41, 5.74) is 4.88. The summed E-state index contributed by atoms with van der Waals surface area (Å²) in [5, 5.41) is 3.51. The quantitative estimate of drug-likeness (QED) is 0.682. The maximum atomic E-state index is 13.1. The minimum atomic E-state index is -0.0120. The molecule has 6 nitrogen and oxygen atoms in total. The van der Waals surface area contributed by atoms with Crippen LogP contribution in [0.2, 0.25) is 0 Å². The Morgan fingerprint density at radius 1 is 1.09 bits per heavy atom. The monoisotopic (exact) mass is 432 g/mol. The highest BCUT2D eigenvalue weighted by atomic mass is 16.5. The van der Waals surface area contributed by atoms with Gasteiger partial charge in [0, 0.05) is 17.3 Å². The highest BCUT2D eigenvalue weighted by Gasteiger charge is 2.34. The van der Waals surface area contributed by atoms with Gasteiger partial charge in [0.2, 0.25) is 0 Å². The summed E-state index contributed by atoms with van der Waals surface area (Å²) in [4.78, 5) is 24.5. The van der Waals surface area contributed by atoms with Crippen LogP contribution in [0.4, 0.5) is 11.5 Å². The van der Waals surface area contributed by atoms with Gasteiger partial charge in [-0.2, -0.15) is 0 Å². The minimum absolute atomic E-state index is 0.0120. The zero-order valence-electron chi connectivity index (χ0n) is 19.1. The fraction of sp³-hybridized carbons (Fsp3) is 0.500. The van der Waals surface area contributed by atoms with Crippen molar-refractivity contribution in [3.8, 4) is 0 Å². The van der Waals surface area contributed by atoms with Crippen LogP contribution in [-0.2, 0) is 11.3 Å². The average molecular weight is 433 g/mol. The van der Waals surface area contributed by atoms with Crippen LogP contribution in [0.1, 0.15) is 85.7 Å². The zero-order valence-corrected chi connectivity index (χ0v) is 19.1. The highest BCUT2D eigenvalue weighted by molar-refractivity contribution is 5.98. The second-order valence-corrected chi connectivity index (χ2v) is 9.39. The van der Waals surface area contributed by atoms with Crippen LogP contribution in [0.25, 0.3) is 5.57 Å². The van der Waals surface area contributed by atoms with E-state index in [2.05, 4.69) is 29.6 Å². The molecule has 3 heterocycles. The van der Waals surface area contributed by atoms with E-state index in [1.54, 1.807) is 0 Å². The summed E-state index contributed by atoms with van der Waals surface area (Å²) >= 11 is 0. The Bertz CT molecular complexity index is 1020. The minimum Gasteiger partial charge on any atom is -0.377 e. The number of nitrogens with zero attached hydrogens (tertiary/aromatic N) is 3. The van der Waals surface area contributed by atoms with Crippen molar-refractivity contribution in [2.24, 2.45) is 0 Å². The third-order valence-corrected chi connectivity index (χ3v) is 6.92. The number of rotatable bonds is 5. The second-order valence-electron chi connectivity index (χ2n) is 9.39. The summed E-state index contributed by atoms with van der Waals surface area (Å²) in [7, 11) is 0. The summed E-state index contributed by atoms with van der Waals surface area (Å²) < 4.78 is 5.45. The number of fused-ring (bicyclic) bond motifs is 1. The Morgan fingerprint density at radius 2 is 1.88 bits per heavy atom. The molecule has 0 radical (unpaired) electrons. The van der Waals surface area contributed by atoms with Gasteiger partial charge in [0.25, 0.3) is 5.91 Å². The molecule has 0 saturated heterocycles. The number of carbonyl (C=O) groups excluding carboxylic acids is 1. The van der Waals surface area contributed by atoms with Crippen LogP contribution in [0.15, 0.2) is 30.3 Å². The molecule has 0 bridgehead atoms. The third kappa shape index (κ3) is 4.16. The van der Waals surface area contributed by atoms with Gasteiger partial charge in [0.05, 0.1) is 19.8 Å². The van der Waals surface area contributed by atoms with Crippen LogP contribution in [-0.4, -0.2) is 40.0 Å². The first-order chi connectivity index (χ1) is 15.6. The number of aromatic nitrogens is 2. The molecule has 3 aliphatic rings. The number of benzene rings is 1. The molecule has 2 aliphatic heterocycles. The largest absolute Gasteiger partial charge is 0.377 e. The van der Waals surface area contributed by atoms with E-state index in [0.717, 1.165) is 29.1 Å². The lowest BCUT2D eigenvalue weighted by Crippen LogP contribution is -2.31. The maximum Gasteiger partial charge on any atom is 0.273 e. The summed E-state index contributed by atoms with van der Waals surface area (Å²) in [6.45, 7) is 5.83. The Hall–Kier alpha value is -2.73. The van der Waals surface area contributed by atoms with Crippen molar-refractivity contribution < 1.29 is 9.53 Å². The first-order valence-electron chi connectivity index (χ1n) is 12.0. The molecule has 1 fully saturated rings. The number of nitrogens with one attached hydrogen (secondary N) is 1. The maximum absolute atomic E-state index is 13.1. The van der Waals surface area contributed by atoms with Crippen molar-refractivity contribution >= 4 is 23.0 Å². The summed E-state index contributed by atoms with van der Waals surface area (Å²) in [6, 6.07) is 8.89. The van der Waals surface area contributed by atoms with Gasteiger partial charge in [-0.3, -0.25) is 4.79 Å². The van der Waals surface area contributed by atoms with Crippen molar-refractivity contribution in [2.45, 2.75) is 70.9 Å². The molecule has 1 N–H and O–H groups in total. The number of carbonyl (C=O) groups is 1. The van der Waals surface area contributed by atoms with E-state index < -0.39 is 0 Å². The number of amides is 1. The summed E-state index contributed by atoms with van der Waals surface area (Å²) in [6.07, 6.45) is 9.41. The van der Waals surface area contributed by atoms with E-state index in [0.29, 0.717) is 37.2 Å². The Morgan fingerprint density at radius 3 is 2.56 bits per heavy atom. The predicted octanol–water partition coefficient (Wildman–Crippen LogP) is 5.44. The first-order valence-corrected chi connectivity index (χ1v) is 12.0. The molecular weight excluding hydrogens is 400 g/mol. The van der Waals surface area contributed by atoms with Crippen LogP contribution in [0, 0.1) is 0 Å². The van der Waals surface area contributed by atoms with E-state index in [1.807, 2.05) is 24.8 Å². The molecule has 32 heavy (non-hydrogen) atoms. The van der Waals surface area contributed by atoms with Gasteiger partial charge in [-0.25, -0.2) is 9.97 Å². The number of hydrogen-bond donors (Lipinski definition) is 1. The number of hydrogen-bond acceptors (Lipinski definition) is 5. The highest BCUT2D eigenvalue weighted by Crippen LogP contribution is 2.35. The van der Waals surface area contributed by atoms with Crippen molar-refractivity contribution in [1.82, 2.24) is 14.9 Å². The van der Waals surface area contributed by atoms with Gasteiger partial charge in [0.15, 0.2) is 5.82 Å². The molecule has 6 heteroatoms.